The van der Waals surface area contributed by atoms with E-state index in [0.717, 1.165) is 29.0 Å². The topological polar surface area (TPSA) is 43.6 Å². The second kappa shape index (κ2) is 5.89. The number of hydrogen-bond donors (Lipinski definition) is 0. The van der Waals surface area contributed by atoms with Crippen molar-refractivity contribution in [2.75, 3.05) is 0 Å². The maximum absolute atomic E-state index is 4.59. The summed E-state index contributed by atoms with van der Waals surface area (Å²) in [6.07, 6.45) is 3.47. The molecular weight excluding hydrogens is 296 g/mol. The summed E-state index contributed by atoms with van der Waals surface area (Å²) >= 11 is 0. The molecule has 4 nitrogen and oxygen atoms in total. The largest absolute Gasteiger partial charge is 0.311 e. The van der Waals surface area contributed by atoms with Crippen molar-refractivity contribution in [2.45, 2.75) is 20.4 Å². The van der Waals surface area contributed by atoms with Gasteiger partial charge in [0.15, 0.2) is 5.65 Å². The van der Waals surface area contributed by atoms with Gasteiger partial charge in [-0.2, -0.15) is 0 Å². The molecule has 0 aliphatic heterocycles. The SMILES string of the molecule is Cc1cc(C)cc(-c2ncnc3c2ncn3Cc2ccccc2)c1. The fourth-order valence-corrected chi connectivity index (χ4v) is 3.10. The van der Waals surface area contributed by atoms with Crippen molar-refractivity contribution in [3.63, 3.8) is 0 Å². The molecule has 0 spiro atoms. The van der Waals surface area contributed by atoms with Gasteiger partial charge in [-0.25, -0.2) is 15.0 Å². The Labute approximate surface area is 140 Å². The lowest BCUT2D eigenvalue weighted by atomic mass is 10.0. The van der Waals surface area contributed by atoms with Crippen LogP contribution in [-0.4, -0.2) is 19.5 Å². The molecular formula is C20H18N4. The summed E-state index contributed by atoms with van der Waals surface area (Å²) in [5.41, 5.74) is 7.36. The predicted molar refractivity (Wildman–Crippen MR) is 95.8 cm³/mol. The summed E-state index contributed by atoms with van der Waals surface area (Å²) in [5, 5.41) is 0. The van der Waals surface area contributed by atoms with Gasteiger partial charge < -0.3 is 4.57 Å². The Morgan fingerprint density at radius 1 is 0.875 bits per heavy atom. The number of imidazole rings is 1. The number of aryl methyl sites for hydroxylation is 2. The molecule has 0 amide bonds. The first-order valence-corrected chi connectivity index (χ1v) is 7.99. The molecule has 118 valence electrons. The molecule has 2 aromatic heterocycles. The molecule has 0 unspecified atom stereocenters. The third kappa shape index (κ3) is 2.67. The summed E-state index contributed by atoms with van der Waals surface area (Å²) < 4.78 is 2.07. The average Bonchev–Trinajstić information content (AvgIpc) is 2.98. The number of aromatic nitrogens is 4. The van der Waals surface area contributed by atoms with Crippen LogP contribution in [0.3, 0.4) is 0 Å². The van der Waals surface area contributed by atoms with E-state index in [1.165, 1.54) is 16.7 Å². The Bertz CT molecular complexity index is 983. The summed E-state index contributed by atoms with van der Waals surface area (Å²) in [6.45, 7) is 4.95. The monoisotopic (exact) mass is 314 g/mol. The number of hydrogen-bond acceptors (Lipinski definition) is 3. The van der Waals surface area contributed by atoms with Crippen LogP contribution in [0.15, 0.2) is 61.2 Å². The van der Waals surface area contributed by atoms with Gasteiger partial charge in [-0.15, -0.1) is 0 Å². The third-order valence-electron chi connectivity index (χ3n) is 4.09. The highest BCUT2D eigenvalue weighted by atomic mass is 15.1. The lowest BCUT2D eigenvalue weighted by Crippen LogP contribution is -1.99. The van der Waals surface area contributed by atoms with Gasteiger partial charge in [0.05, 0.1) is 12.9 Å². The molecule has 4 heteroatoms. The molecule has 0 aliphatic rings. The van der Waals surface area contributed by atoms with E-state index in [1.54, 1.807) is 6.33 Å². The van der Waals surface area contributed by atoms with E-state index in [-0.39, 0.29) is 0 Å². The molecule has 2 aromatic carbocycles. The number of fused-ring (bicyclic) bond motifs is 1. The van der Waals surface area contributed by atoms with Crippen molar-refractivity contribution >= 4 is 11.2 Å². The van der Waals surface area contributed by atoms with Crippen molar-refractivity contribution in [1.82, 2.24) is 19.5 Å². The zero-order chi connectivity index (χ0) is 16.5. The number of benzene rings is 2. The molecule has 0 radical (unpaired) electrons. The Morgan fingerprint density at radius 2 is 1.62 bits per heavy atom. The lowest BCUT2D eigenvalue weighted by Gasteiger charge is -2.06. The van der Waals surface area contributed by atoms with Crippen LogP contribution in [0, 0.1) is 13.8 Å². The van der Waals surface area contributed by atoms with E-state index in [0.29, 0.717) is 0 Å². The van der Waals surface area contributed by atoms with Crippen molar-refractivity contribution in [3.05, 3.63) is 77.9 Å². The Balaban J connectivity index is 1.82. The first-order chi connectivity index (χ1) is 11.7. The van der Waals surface area contributed by atoms with Crippen LogP contribution in [0.4, 0.5) is 0 Å². The normalized spacial score (nSPS) is 11.1. The molecule has 0 aliphatic carbocycles. The standard InChI is InChI=1S/C20H18N4/c1-14-8-15(2)10-17(9-14)18-19-20(22-12-21-18)24(13-23-19)11-16-6-4-3-5-7-16/h3-10,12-13H,11H2,1-2H3. The highest BCUT2D eigenvalue weighted by Crippen LogP contribution is 2.26. The number of rotatable bonds is 3. The minimum absolute atomic E-state index is 0.751. The maximum atomic E-state index is 4.59. The second-order valence-electron chi connectivity index (χ2n) is 6.13. The Hall–Kier alpha value is -3.01. The van der Waals surface area contributed by atoms with Gasteiger partial charge in [-0.05, 0) is 31.5 Å². The van der Waals surface area contributed by atoms with E-state index in [1.807, 2.05) is 24.5 Å². The van der Waals surface area contributed by atoms with Crippen LogP contribution in [0.25, 0.3) is 22.4 Å². The van der Waals surface area contributed by atoms with Gasteiger partial charge in [0.2, 0.25) is 0 Å². The third-order valence-corrected chi connectivity index (χ3v) is 4.09. The van der Waals surface area contributed by atoms with Gasteiger partial charge in [-0.3, -0.25) is 0 Å². The van der Waals surface area contributed by atoms with Crippen LogP contribution in [0.5, 0.6) is 0 Å². The molecule has 2 heterocycles. The van der Waals surface area contributed by atoms with Gasteiger partial charge in [0.1, 0.15) is 17.5 Å². The zero-order valence-corrected chi connectivity index (χ0v) is 13.8. The van der Waals surface area contributed by atoms with Crippen LogP contribution < -0.4 is 0 Å². The Kier molecular flexibility index (Phi) is 3.58. The predicted octanol–water partition coefficient (Wildman–Crippen LogP) is 4.16. The lowest BCUT2D eigenvalue weighted by molar-refractivity contribution is 0.813. The molecule has 0 atom stereocenters. The smallest absolute Gasteiger partial charge is 0.164 e. The van der Waals surface area contributed by atoms with E-state index in [2.05, 4.69) is 63.7 Å². The van der Waals surface area contributed by atoms with Crippen LogP contribution in [0.1, 0.15) is 16.7 Å². The minimum Gasteiger partial charge on any atom is -0.311 e. The van der Waals surface area contributed by atoms with Gasteiger partial charge in [0, 0.05) is 5.56 Å². The fourth-order valence-electron chi connectivity index (χ4n) is 3.10. The minimum atomic E-state index is 0.751. The quantitative estimate of drug-likeness (QED) is 0.570. The summed E-state index contributed by atoms with van der Waals surface area (Å²) in [7, 11) is 0. The Morgan fingerprint density at radius 3 is 2.38 bits per heavy atom. The molecule has 4 aromatic rings. The molecule has 0 saturated heterocycles. The van der Waals surface area contributed by atoms with Gasteiger partial charge >= 0.3 is 0 Å². The van der Waals surface area contributed by atoms with Gasteiger partial charge in [0.25, 0.3) is 0 Å². The van der Waals surface area contributed by atoms with Crippen LogP contribution >= 0.6 is 0 Å². The molecule has 0 N–H and O–H groups in total. The summed E-state index contributed by atoms with van der Waals surface area (Å²) in [5.74, 6) is 0. The van der Waals surface area contributed by atoms with Crippen molar-refractivity contribution in [1.29, 1.82) is 0 Å². The van der Waals surface area contributed by atoms with Crippen molar-refractivity contribution in [2.24, 2.45) is 0 Å². The molecule has 0 fully saturated rings. The van der Waals surface area contributed by atoms with E-state index in [9.17, 15) is 0 Å². The zero-order valence-electron chi connectivity index (χ0n) is 13.8. The van der Waals surface area contributed by atoms with E-state index >= 15 is 0 Å². The molecule has 4 rings (SSSR count). The molecule has 24 heavy (non-hydrogen) atoms. The van der Waals surface area contributed by atoms with E-state index in [4.69, 9.17) is 0 Å². The average molecular weight is 314 g/mol. The van der Waals surface area contributed by atoms with Gasteiger partial charge in [-0.1, -0.05) is 47.5 Å². The van der Waals surface area contributed by atoms with Crippen LogP contribution in [0.2, 0.25) is 0 Å². The first-order valence-electron chi connectivity index (χ1n) is 7.99. The van der Waals surface area contributed by atoms with Crippen molar-refractivity contribution < 1.29 is 0 Å². The number of nitrogens with zero attached hydrogens (tertiary/aromatic N) is 4. The first kappa shape index (κ1) is 14.6. The molecule has 0 bridgehead atoms. The van der Waals surface area contributed by atoms with E-state index < -0.39 is 0 Å². The maximum Gasteiger partial charge on any atom is 0.164 e. The highest BCUT2D eigenvalue weighted by molar-refractivity contribution is 5.87. The highest BCUT2D eigenvalue weighted by Gasteiger charge is 2.12. The second-order valence-corrected chi connectivity index (χ2v) is 6.13. The molecule has 0 saturated carbocycles. The summed E-state index contributed by atoms with van der Waals surface area (Å²) in [6, 6.07) is 16.8. The summed E-state index contributed by atoms with van der Waals surface area (Å²) in [4.78, 5) is 13.5. The van der Waals surface area contributed by atoms with Crippen molar-refractivity contribution in [3.8, 4) is 11.3 Å². The fraction of sp³-hybridized carbons (Fsp3) is 0.150. The van der Waals surface area contributed by atoms with Crippen LogP contribution in [-0.2, 0) is 6.54 Å².